The number of carbonyl (C=O) groups is 1. The van der Waals surface area contributed by atoms with Crippen molar-refractivity contribution in [1.82, 2.24) is 9.88 Å². The molecule has 4 heteroatoms. The number of nitrogens with one attached hydrogen (secondary N) is 1. The number of nitrogens with two attached hydrogens (primary N) is 1. The van der Waals surface area contributed by atoms with E-state index in [9.17, 15) is 4.79 Å². The Labute approximate surface area is 209 Å². The fourth-order valence-electron chi connectivity index (χ4n) is 3.55. The largest absolute Gasteiger partial charge is 0.355 e. The SMILES string of the molecule is C=C(/C=C\c1[nH]c(C2=CC(C)=CC(C)=CC2)c(CCN)c1C)C(C)C.CC.CCN(C=O)CC. The maximum Gasteiger partial charge on any atom is 0.209 e. The molecule has 0 radical (unpaired) electrons. The molecule has 190 valence electrons. The van der Waals surface area contributed by atoms with Crippen LogP contribution in [0, 0.1) is 12.8 Å². The molecule has 1 aliphatic carbocycles. The van der Waals surface area contributed by atoms with Gasteiger partial charge in [-0.15, -0.1) is 0 Å². The van der Waals surface area contributed by atoms with E-state index in [1.165, 1.54) is 33.5 Å². The van der Waals surface area contributed by atoms with Crippen LogP contribution in [0.3, 0.4) is 0 Å². The zero-order valence-corrected chi connectivity index (χ0v) is 23.2. The van der Waals surface area contributed by atoms with E-state index < -0.39 is 0 Å². The maximum atomic E-state index is 9.89. The van der Waals surface area contributed by atoms with E-state index in [0.29, 0.717) is 12.5 Å². The van der Waals surface area contributed by atoms with Crippen molar-refractivity contribution < 1.29 is 4.79 Å². The molecule has 0 atom stereocenters. The summed E-state index contributed by atoms with van der Waals surface area (Å²) in [6.07, 6.45) is 13.8. The Morgan fingerprint density at radius 3 is 2.24 bits per heavy atom. The van der Waals surface area contributed by atoms with E-state index in [1.807, 2.05) is 27.7 Å². The van der Waals surface area contributed by atoms with E-state index >= 15 is 0 Å². The predicted octanol–water partition coefficient (Wildman–Crippen LogP) is 7.24. The lowest BCUT2D eigenvalue weighted by Gasteiger charge is -2.08. The number of aromatic amines is 1. The summed E-state index contributed by atoms with van der Waals surface area (Å²) in [5.74, 6) is 0.458. The van der Waals surface area contributed by atoms with Gasteiger partial charge in [-0.2, -0.15) is 0 Å². The van der Waals surface area contributed by atoms with Crippen LogP contribution in [-0.4, -0.2) is 35.9 Å². The third-order valence-corrected chi connectivity index (χ3v) is 5.80. The van der Waals surface area contributed by atoms with Crippen molar-refractivity contribution in [2.24, 2.45) is 11.7 Å². The third kappa shape index (κ3) is 10.1. The molecule has 0 spiro atoms. The van der Waals surface area contributed by atoms with Crippen LogP contribution in [0.2, 0.25) is 0 Å². The second-order valence-corrected chi connectivity index (χ2v) is 8.66. The highest BCUT2D eigenvalue weighted by Crippen LogP contribution is 2.31. The molecule has 1 aromatic heterocycles. The monoisotopic (exact) mass is 467 g/mol. The molecule has 0 unspecified atom stereocenters. The summed E-state index contributed by atoms with van der Waals surface area (Å²) in [4.78, 5) is 15.2. The average Bonchev–Trinajstić information content (AvgIpc) is 3.01. The van der Waals surface area contributed by atoms with Gasteiger partial charge in [0.1, 0.15) is 0 Å². The van der Waals surface area contributed by atoms with Crippen molar-refractivity contribution in [3.8, 4) is 0 Å². The van der Waals surface area contributed by atoms with E-state index in [-0.39, 0.29) is 0 Å². The summed E-state index contributed by atoms with van der Waals surface area (Å²) in [5, 5.41) is 0. The van der Waals surface area contributed by atoms with Crippen LogP contribution in [-0.2, 0) is 11.2 Å². The van der Waals surface area contributed by atoms with Crippen molar-refractivity contribution in [2.75, 3.05) is 19.6 Å². The van der Waals surface area contributed by atoms with Gasteiger partial charge in [0.25, 0.3) is 0 Å². The number of amides is 1. The molecule has 1 heterocycles. The van der Waals surface area contributed by atoms with Gasteiger partial charge < -0.3 is 15.6 Å². The minimum absolute atomic E-state index is 0.458. The lowest BCUT2D eigenvalue weighted by atomic mass is 9.98. The molecule has 1 aliphatic rings. The van der Waals surface area contributed by atoms with Crippen LogP contribution in [0.5, 0.6) is 0 Å². The van der Waals surface area contributed by atoms with Crippen molar-refractivity contribution in [2.45, 2.75) is 75.2 Å². The van der Waals surface area contributed by atoms with Gasteiger partial charge in [0, 0.05) is 24.5 Å². The molecule has 0 saturated carbocycles. The fourth-order valence-corrected chi connectivity index (χ4v) is 3.55. The van der Waals surface area contributed by atoms with Crippen molar-refractivity contribution in [3.05, 3.63) is 70.1 Å². The topological polar surface area (TPSA) is 62.1 Å². The zero-order chi connectivity index (χ0) is 26.3. The first-order valence-electron chi connectivity index (χ1n) is 12.7. The second-order valence-electron chi connectivity index (χ2n) is 8.66. The van der Waals surface area contributed by atoms with Crippen LogP contribution in [0.25, 0.3) is 11.6 Å². The highest BCUT2D eigenvalue weighted by atomic mass is 16.1. The smallest absolute Gasteiger partial charge is 0.209 e. The number of rotatable bonds is 9. The minimum Gasteiger partial charge on any atom is -0.355 e. The Bertz CT molecular complexity index is 890. The number of allylic oxidation sites excluding steroid dienone is 8. The van der Waals surface area contributed by atoms with Gasteiger partial charge in [-0.1, -0.05) is 75.3 Å². The van der Waals surface area contributed by atoms with Gasteiger partial charge >= 0.3 is 0 Å². The summed E-state index contributed by atoms with van der Waals surface area (Å²) in [6, 6.07) is 0. The summed E-state index contributed by atoms with van der Waals surface area (Å²) >= 11 is 0. The van der Waals surface area contributed by atoms with E-state index in [0.717, 1.165) is 43.6 Å². The molecule has 34 heavy (non-hydrogen) atoms. The summed E-state index contributed by atoms with van der Waals surface area (Å²) < 4.78 is 0. The molecule has 0 saturated heterocycles. The normalized spacial score (nSPS) is 13.1. The lowest BCUT2D eigenvalue weighted by Crippen LogP contribution is -2.19. The summed E-state index contributed by atoms with van der Waals surface area (Å²) in [6.45, 7) is 25.2. The van der Waals surface area contributed by atoms with Gasteiger partial charge in [-0.25, -0.2) is 0 Å². The van der Waals surface area contributed by atoms with Crippen LogP contribution in [0.15, 0.2) is 47.6 Å². The van der Waals surface area contributed by atoms with Gasteiger partial charge in [0.05, 0.1) is 0 Å². The lowest BCUT2D eigenvalue weighted by molar-refractivity contribution is -0.117. The molecule has 3 N–H and O–H groups in total. The quantitative estimate of drug-likeness (QED) is 0.297. The Hall–Kier alpha value is -2.59. The molecule has 2 rings (SSSR count). The number of hydrogen-bond acceptors (Lipinski definition) is 2. The molecule has 1 aromatic rings. The van der Waals surface area contributed by atoms with E-state index in [1.54, 1.807) is 4.90 Å². The molecule has 0 aliphatic heterocycles. The molecular weight excluding hydrogens is 418 g/mol. The Kier molecular flexibility index (Phi) is 15.6. The van der Waals surface area contributed by atoms with Gasteiger partial charge in [0.15, 0.2) is 0 Å². The highest BCUT2D eigenvalue weighted by molar-refractivity contribution is 5.74. The number of hydrogen-bond donors (Lipinski definition) is 2. The highest BCUT2D eigenvalue weighted by Gasteiger charge is 2.16. The predicted molar refractivity (Wildman–Crippen MR) is 152 cm³/mol. The summed E-state index contributed by atoms with van der Waals surface area (Å²) in [5.41, 5.74) is 16.0. The van der Waals surface area contributed by atoms with E-state index in [2.05, 4.69) is 76.6 Å². The molecule has 4 nitrogen and oxygen atoms in total. The maximum absolute atomic E-state index is 9.89. The van der Waals surface area contributed by atoms with Crippen molar-refractivity contribution in [3.63, 3.8) is 0 Å². The number of aromatic nitrogens is 1. The average molecular weight is 468 g/mol. The first-order chi connectivity index (χ1) is 16.2. The van der Waals surface area contributed by atoms with Crippen molar-refractivity contribution in [1.29, 1.82) is 0 Å². The standard InChI is InChI=1S/C23H32N2.C5H11NO.C2H6/c1-15(2)18(5)8-10-22-19(6)21(11-12-24)23(25-22)20-9-7-16(3)13-17(4)14-20;1-3-6(4-2)5-7;1-2/h7-8,10,13-15,25H,5,9,11-12,24H2,1-4,6H3;5H,3-4H2,1-2H3;1-2H3/b10-8-;;. The fraction of sp³-hybridized carbons (Fsp3) is 0.500. The third-order valence-electron chi connectivity index (χ3n) is 5.80. The van der Waals surface area contributed by atoms with E-state index in [4.69, 9.17) is 5.73 Å². The van der Waals surface area contributed by atoms with Crippen LogP contribution >= 0.6 is 0 Å². The van der Waals surface area contributed by atoms with Gasteiger partial charge in [0.2, 0.25) is 6.41 Å². The van der Waals surface area contributed by atoms with Crippen LogP contribution < -0.4 is 5.73 Å². The van der Waals surface area contributed by atoms with Crippen LogP contribution in [0.1, 0.15) is 84.3 Å². The molecule has 0 aromatic carbocycles. The molecule has 0 fully saturated rings. The number of carbonyl (C=O) groups excluding carboxylic acids is 1. The minimum atomic E-state index is 0.458. The van der Waals surface area contributed by atoms with Crippen molar-refractivity contribution >= 4 is 18.1 Å². The molecule has 0 bridgehead atoms. The summed E-state index contributed by atoms with van der Waals surface area (Å²) in [7, 11) is 0. The molecular formula is C30H49N3O. The van der Waals surface area contributed by atoms with Crippen LogP contribution in [0.4, 0.5) is 0 Å². The zero-order valence-electron chi connectivity index (χ0n) is 23.2. The Balaban J connectivity index is 0.00000104. The Morgan fingerprint density at radius 2 is 1.76 bits per heavy atom. The van der Waals surface area contributed by atoms with Gasteiger partial charge in [-0.05, 0) is 82.7 Å². The van der Waals surface area contributed by atoms with Gasteiger partial charge in [-0.3, -0.25) is 4.79 Å². The number of H-pyrrole nitrogens is 1. The first kappa shape index (κ1) is 31.4. The Morgan fingerprint density at radius 1 is 1.15 bits per heavy atom. The number of nitrogens with zero attached hydrogens (tertiary/aromatic N) is 1. The second kappa shape index (κ2) is 16.9. The first-order valence-corrected chi connectivity index (χ1v) is 12.7. The molecule has 1 amide bonds.